The van der Waals surface area contributed by atoms with E-state index in [1.54, 1.807) is 21.1 Å². The monoisotopic (exact) mass is 915 g/mol. The number of carboxylic acid groups (broad SMARTS) is 2. The maximum Gasteiger partial charge on any atom is 1.00 e. The van der Waals surface area contributed by atoms with E-state index in [1.807, 2.05) is 0 Å². The normalized spacial score (nSPS) is 10.6. The smallest absolute Gasteiger partial charge is 0.726 e. The summed E-state index contributed by atoms with van der Waals surface area (Å²) in [4.78, 5) is 20.1. The van der Waals surface area contributed by atoms with Crippen LogP contribution in [0, 0.1) is 0 Å². The van der Waals surface area contributed by atoms with E-state index in [4.69, 9.17) is 0 Å². The number of unbranched alkanes of at least 4 members (excludes halogenated alkanes) is 26. The van der Waals surface area contributed by atoms with Gasteiger partial charge in [-0.25, -0.2) is 8.42 Å². The average molecular weight is 915 g/mol. The molecule has 15 heteroatoms. The number of carbonyl (C=O) groups excluding carboxylic acids is 2. The van der Waals surface area contributed by atoms with Gasteiger partial charge in [-0.1, -0.05) is 149 Å². The Bertz CT molecular complexity index is 892. The fourth-order valence-corrected chi connectivity index (χ4v) is 6.63. The molecule has 0 rings (SSSR count). The third-order valence-corrected chi connectivity index (χ3v) is 10.7. The van der Waals surface area contributed by atoms with Gasteiger partial charge >= 0.3 is 208 Å². The van der Waals surface area contributed by atoms with Crippen LogP contribution in [0.3, 0.4) is 0 Å². The van der Waals surface area contributed by atoms with Gasteiger partial charge in [-0.2, -0.15) is 0 Å². The summed E-state index contributed by atoms with van der Waals surface area (Å²) in [5, 5.41) is 24.6. The van der Waals surface area contributed by atoms with Crippen LogP contribution in [-0.4, -0.2) is 126 Å². The molecule has 334 valence electrons. The van der Waals surface area contributed by atoms with Gasteiger partial charge in [0.05, 0.1) is 33.7 Å². The average Bonchev–Trinajstić information content (AvgIpc) is 3.11. The third-order valence-electron chi connectivity index (χ3n) is 9.15. The fourth-order valence-electron chi connectivity index (χ4n) is 5.81. The van der Waals surface area contributed by atoms with Crippen LogP contribution in [0.5, 0.6) is 0 Å². The molecule has 0 aliphatic rings. The first-order valence-corrected chi connectivity index (χ1v) is 26.6. The van der Waals surface area contributed by atoms with Gasteiger partial charge in [0.25, 0.3) is 0 Å². The van der Waals surface area contributed by atoms with Crippen LogP contribution in [0.2, 0.25) is 0.515 Å². The second-order valence-electron chi connectivity index (χ2n) is 16.4. The number of hydrogen-bond donors (Lipinski definition) is 0. The molecule has 0 aromatic carbocycles. The first-order valence-electron chi connectivity index (χ1n) is 23.1. The number of carbonyl (C=O) groups is 2. The zero-order valence-corrected chi connectivity index (χ0v) is 51.0. The molecule has 0 aliphatic heterocycles. The van der Waals surface area contributed by atoms with Crippen LogP contribution in [-0.2, 0) is 24.2 Å². The van der Waals surface area contributed by atoms with Crippen molar-refractivity contribution in [2.24, 2.45) is 0 Å². The molecule has 0 aliphatic carbocycles. The van der Waals surface area contributed by atoms with E-state index < -0.39 is 22.3 Å². The summed E-state index contributed by atoms with van der Waals surface area (Å²) in [6, 6.07) is 0. The molecule has 10 nitrogen and oxygen atoms in total. The van der Waals surface area contributed by atoms with Crippen molar-refractivity contribution in [2.75, 3.05) is 47.4 Å². The second-order valence-corrected chi connectivity index (χ2v) is 19.0. The van der Waals surface area contributed by atoms with Gasteiger partial charge in [0.1, 0.15) is 6.54 Å². The molecule has 0 unspecified atom stereocenters. The minimum absolute atomic E-state index is 0. The number of aliphatic carboxylic acids is 2. The van der Waals surface area contributed by atoms with Crippen LogP contribution in [0.4, 0.5) is 0 Å². The van der Waals surface area contributed by atoms with Gasteiger partial charge in [0, 0.05) is 5.97 Å². The third kappa shape index (κ3) is 96.4. The summed E-state index contributed by atoms with van der Waals surface area (Å²) < 4.78 is 35.9. The molecular formula is C44H90KN2Na3O8S. The van der Waals surface area contributed by atoms with E-state index in [0.717, 1.165) is 87.7 Å². The Morgan fingerprint density at radius 2 is 0.814 bits per heavy atom. The van der Waals surface area contributed by atoms with Gasteiger partial charge in [-0.15, -0.1) is 0 Å². The quantitative estimate of drug-likeness (QED) is 0.0289. The van der Waals surface area contributed by atoms with Crippen molar-refractivity contribution in [3.8, 4) is 0 Å². The molecule has 0 fully saturated rings. The van der Waals surface area contributed by atoms with Crippen LogP contribution in [0.25, 0.3) is 5.32 Å². The van der Waals surface area contributed by atoms with Crippen molar-refractivity contribution in [3.63, 3.8) is 0 Å². The van der Waals surface area contributed by atoms with Crippen molar-refractivity contribution in [1.29, 1.82) is 0 Å². The van der Waals surface area contributed by atoms with Crippen LogP contribution in [0.1, 0.15) is 220 Å². The Morgan fingerprint density at radius 3 is 1.08 bits per heavy atom. The van der Waals surface area contributed by atoms with Crippen molar-refractivity contribution in [2.45, 2.75) is 220 Å². The van der Waals surface area contributed by atoms with Gasteiger partial charge in [-0.05, 0) is 19.3 Å². The molecule has 0 heterocycles. The summed E-state index contributed by atoms with van der Waals surface area (Å²) in [5.74, 6) is -1.91. The van der Waals surface area contributed by atoms with E-state index in [2.05, 4.69) is 30.3 Å². The van der Waals surface area contributed by atoms with Gasteiger partial charge in [-0.3, -0.25) is 4.18 Å². The fraction of sp³-hybridized carbons (Fsp3) is 0.955. The molecular weight excluding hydrogens is 825 g/mol. The molecule has 0 amide bonds. The van der Waals surface area contributed by atoms with Crippen LogP contribution < -0.4 is 98.9 Å². The largest absolute Gasteiger partial charge is 1.00 e. The van der Waals surface area contributed by atoms with Crippen LogP contribution in [0.15, 0.2) is 0 Å². The molecule has 0 aromatic rings. The summed E-state index contributed by atoms with van der Waals surface area (Å²) in [5.41, 5.74) is 0. The number of nitrogens with zero attached hydrogens (tertiary/aromatic N) is 2. The molecule has 59 heavy (non-hydrogen) atoms. The Balaban J connectivity index is -0.000000124. The number of likely N-dealkylation sites (N-methyl/N-ethyl adjacent to an activating group) is 1. The van der Waals surface area contributed by atoms with Gasteiger partial charge in [0.15, 0.2) is 0 Å². The molecule has 0 radical (unpaired) electrons. The van der Waals surface area contributed by atoms with Crippen LogP contribution >= 0.6 is 0 Å². The van der Waals surface area contributed by atoms with E-state index in [9.17, 15) is 32.8 Å². The molecule has 0 N–H and O–H groups in total. The van der Waals surface area contributed by atoms with Crippen molar-refractivity contribution >= 4 is 71.3 Å². The Labute approximate surface area is 467 Å². The standard InChI is InChI=1S/C16H32O2.C15H31N.C8H18O4S.C5H11NO2.K.3Na/c1-2-3-4-5-6-7-8-9-10-11-12-13-14-15-16(17)18;1-3-5-6-7-8-9-10-11-12-13-15-16-14-4-2;1-2-3-4-5-6-7-8-12-13(9,10)11;1-6(2,3)4-5(7)8;;;;/h2-15H2,1H3,(H,17,18);2-15H2,1H3;2-8H2,1H3,(H,9,10,11);4H2,1-3H3;;;;/q;-1;;;;3*+1/p-2. The molecule has 0 aromatic heterocycles. The molecule has 0 atom stereocenters. The first-order chi connectivity index (χ1) is 26.7. The van der Waals surface area contributed by atoms with Gasteiger partial charge in [0.2, 0.25) is 10.4 Å². The SMILES string of the molecule is CCCCCCCCCCCCCCCC(=O)[O-].CCCCCCCCCCCC[N-]CC[CH2][K].CCCCCCCCOS(=O)(=O)[O-].C[N+](C)(C)CC(=O)[O-].[Na+].[Na+].[Na+]. The minimum Gasteiger partial charge on any atom is -0.726 e. The van der Waals surface area contributed by atoms with Crippen molar-refractivity contribution in [1.82, 2.24) is 0 Å². The second kappa shape index (κ2) is 63.5. The number of carboxylic acids is 2. The maximum atomic E-state index is 10.2. The Kier molecular flexibility index (Phi) is 82.4. The zero-order valence-electron chi connectivity index (χ0n) is 41.0. The van der Waals surface area contributed by atoms with Gasteiger partial charge < -0.3 is 28.8 Å². The zero-order chi connectivity index (χ0) is 43.0. The summed E-state index contributed by atoms with van der Waals surface area (Å²) in [6.07, 6.45) is 38.8. The molecule has 0 spiro atoms. The topological polar surface area (TPSA) is 161 Å². The Morgan fingerprint density at radius 1 is 0.508 bits per heavy atom. The Hall–Kier alpha value is 3.37. The number of quaternary nitrogens is 1. The van der Waals surface area contributed by atoms with Crippen molar-refractivity contribution in [3.05, 3.63) is 5.32 Å². The predicted molar refractivity (Wildman–Crippen MR) is 232 cm³/mol. The maximum absolute atomic E-state index is 10.2. The van der Waals surface area contributed by atoms with E-state index in [0.29, 0.717) is 10.9 Å². The summed E-state index contributed by atoms with van der Waals surface area (Å²) in [6.45, 7) is 9.04. The summed E-state index contributed by atoms with van der Waals surface area (Å²) in [7, 11) is 0.933. The molecule has 0 saturated carbocycles. The molecule has 0 saturated heterocycles. The minimum atomic E-state index is -4.47. The predicted octanol–water partition coefficient (Wildman–Crippen LogP) is 0.754. The van der Waals surface area contributed by atoms with E-state index in [1.165, 1.54) is 161 Å². The first kappa shape index (κ1) is 76.6. The molecule has 0 bridgehead atoms. The van der Waals surface area contributed by atoms with E-state index >= 15 is 0 Å². The number of rotatable bonds is 38. The summed E-state index contributed by atoms with van der Waals surface area (Å²) >= 11 is 1.04. The van der Waals surface area contributed by atoms with E-state index in [-0.39, 0.29) is 108 Å². The number of hydrogen-bond acceptors (Lipinski definition) is 8. The van der Waals surface area contributed by atoms with Crippen molar-refractivity contribution < 1.29 is 130 Å².